The van der Waals surface area contributed by atoms with Gasteiger partial charge in [0.25, 0.3) is 0 Å². The number of aliphatic hydroxyl groups is 1. The Bertz CT molecular complexity index is 672. The van der Waals surface area contributed by atoms with Crippen LogP contribution >= 0.6 is 0 Å². The smallest absolute Gasteiger partial charge is 0.337 e. The van der Waals surface area contributed by atoms with Crippen molar-refractivity contribution in [2.24, 2.45) is 0 Å². The fourth-order valence-electron chi connectivity index (χ4n) is 4.12. The van der Waals surface area contributed by atoms with Gasteiger partial charge in [0.2, 0.25) is 0 Å². The molecule has 0 spiro atoms. The molecule has 3 atom stereocenters. The van der Waals surface area contributed by atoms with Crippen LogP contribution in [0, 0.1) is 0 Å². The van der Waals surface area contributed by atoms with Gasteiger partial charge in [0.05, 0.1) is 18.2 Å². The molecule has 1 fully saturated rings. The Morgan fingerprint density at radius 2 is 2.23 bits per heavy atom. The molecule has 22 heavy (non-hydrogen) atoms. The monoisotopic (exact) mass is 300 g/mol. The standard InChI is InChI=1S/C17H20N2O3/c1-3-22-15(20)12-10-18-9-8-17(21)13-6-4-5-7-14(13)19(11(12)2)16(17)18/h4-7,10-11,16,21H,3,8-9H2,1-2H3. The number of fused-ring (bicyclic) bond motifs is 3. The van der Waals surface area contributed by atoms with E-state index in [1.54, 1.807) is 0 Å². The molecule has 0 saturated carbocycles. The predicted molar refractivity (Wildman–Crippen MR) is 82.1 cm³/mol. The van der Waals surface area contributed by atoms with Crippen LogP contribution in [0.5, 0.6) is 0 Å². The third-order valence-corrected chi connectivity index (χ3v) is 5.09. The topological polar surface area (TPSA) is 53.0 Å². The first kappa shape index (κ1) is 13.6. The van der Waals surface area contributed by atoms with Crippen LogP contribution in [0.1, 0.15) is 25.8 Å². The second-order valence-electron chi connectivity index (χ2n) is 6.19. The summed E-state index contributed by atoms with van der Waals surface area (Å²) >= 11 is 0. The third-order valence-electron chi connectivity index (χ3n) is 5.09. The van der Waals surface area contributed by atoms with Crippen molar-refractivity contribution in [3.63, 3.8) is 0 Å². The van der Waals surface area contributed by atoms with Gasteiger partial charge in [-0.05, 0) is 19.9 Å². The lowest BCUT2D eigenvalue weighted by Crippen LogP contribution is -2.56. The van der Waals surface area contributed by atoms with Crippen molar-refractivity contribution in [2.75, 3.05) is 18.1 Å². The number of hydrogen-bond acceptors (Lipinski definition) is 5. The Balaban J connectivity index is 1.83. The molecule has 0 bridgehead atoms. The molecule has 3 unspecified atom stereocenters. The lowest BCUT2D eigenvalue weighted by molar-refractivity contribution is -0.139. The number of carbonyl (C=O) groups is 1. The molecule has 5 nitrogen and oxygen atoms in total. The van der Waals surface area contributed by atoms with Gasteiger partial charge in [-0.25, -0.2) is 4.79 Å². The number of para-hydroxylation sites is 1. The summed E-state index contributed by atoms with van der Waals surface area (Å²) in [5.74, 6) is -0.270. The third kappa shape index (κ3) is 1.54. The minimum atomic E-state index is -0.860. The summed E-state index contributed by atoms with van der Waals surface area (Å²) in [4.78, 5) is 16.5. The van der Waals surface area contributed by atoms with Gasteiger partial charge < -0.3 is 19.6 Å². The summed E-state index contributed by atoms with van der Waals surface area (Å²) in [5.41, 5.74) is 1.77. The van der Waals surface area contributed by atoms with E-state index in [1.165, 1.54) is 0 Å². The first-order valence-electron chi connectivity index (χ1n) is 7.82. The summed E-state index contributed by atoms with van der Waals surface area (Å²) in [6.07, 6.45) is 2.43. The molecule has 1 aromatic carbocycles. The van der Waals surface area contributed by atoms with Crippen molar-refractivity contribution in [3.8, 4) is 0 Å². The van der Waals surface area contributed by atoms with E-state index >= 15 is 0 Å². The molecule has 116 valence electrons. The van der Waals surface area contributed by atoms with Crippen LogP contribution in [-0.4, -0.2) is 41.3 Å². The van der Waals surface area contributed by atoms with Gasteiger partial charge in [0.1, 0.15) is 11.8 Å². The van der Waals surface area contributed by atoms with Gasteiger partial charge in [-0.2, -0.15) is 0 Å². The SMILES string of the molecule is CCOC(=O)C1=CN2CCC3(O)c4ccccc4N(C1C)C23. The second kappa shape index (κ2) is 4.49. The molecule has 0 aliphatic carbocycles. The second-order valence-corrected chi connectivity index (χ2v) is 6.19. The van der Waals surface area contributed by atoms with E-state index in [0.29, 0.717) is 18.6 Å². The van der Waals surface area contributed by atoms with E-state index in [4.69, 9.17) is 4.74 Å². The molecule has 0 amide bonds. The quantitative estimate of drug-likeness (QED) is 0.840. The molecule has 4 rings (SSSR count). The number of anilines is 1. The van der Waals surface area contributed by atoms with E-state index in [2.05, 4.69) is 9.80 Å². The Morgan fingerprint density at radius 1 is 1.45 bits per heavy atom. The van der Waals surface area contributed by atoms with Crippen LogP contribution in [-0.2, 0) is 15.1 Å². The lowest BCUT2D eigenvalue weighted by atomic mass is 9.93. The molecule has 3 aliphatic heterocycles. The van der Waals surface area contributed by atoms with Crippen LogP contribution < -0.4 is 4.90 Å². The molecule has 3 aliphatic rings. The minimum absolute atomic E-state index is 0.117. The normalized spacial score (nSPS) is 31.7. The average Bonchev–Trinajstić information content (AvgIpc) is 2.98. The van der Waals surface area contributed by atoms with E-state index in [0.717, 1.165) is 17.8 Å². The molecule has 3 heterocycles. The Labute approximate surface area is 129 Å². The number of benzene rings is 1. The van der Waals surface area contributed by atoms with E-state index in [1.807, 2.05) is 44.3 Å². The highest BCUT2D eigenvalue weighted by atomic mass is 16.5. The molecule has 1 saturated heterocycles. The molecule has 0 aromatic heterocycles. The summed E-state index contributed by atoms with van der Waals surface area (Å²) in [6.45, 7) is 4.92. The maximum atomic E-state index is 12.3. The summed E-state index contributed by atoms with van der Waals surface area (Å²) in [5, 5.41) is 11.2. The van der Waals surface area contributed by atoms with Crippen LogP contribution in [0.15, 0.2) is 36.0 Å². The number of carbonyl (C=O) groups excluding carboxylic acids is 1. The Kier molecular flexibility index (Phi) is 2.78. The molecule has 5 heteroatoms. The highest BCUT2D eigenvalue weighted by molar-refractivity contribution is 5.91. The van der Waals surface area contributed by atoms with Crippen molar-refractivity contribution >= 4 is 11.7 Å². The fourth-order valence-corrected chi connectivity index (χ4v) is 4.12. The number of rotatable bonds is 2. The van der Waals surface area contributed by atoms with Crippen molar-refractivity contribution in [3.05, 3.63) is 41.6 Å². The first-order valence-corrected chi connectivity index (χ1v) is 7.82. The minimum Gasteiger partial charge on any atom is -0.463 e. The number of esters is 1. The van der Waals surface area contributed by atoms with E-state index in [-0.39, 0.29) is 18.2 Å². The van der Waals surface area contributed by atoms with Crippen molar-refractivity contribution < 1.29 is 14.6 Å². The maximum Gasteiger partial charge on any atom is 0.337 e. The lowest BCUT2D eigenvalue weighted by Gasteiger charge is -2.43. The Morgan fingerprint density at radius 3 is 3.00 bits per heavy atom. The largest absolute Gasteiger partial charge is 0.463 e. The zero-order valence-electron chi connectivity index (χ0n) is 12.8. The summed E-state index contributed by atoms with van der Waals surface area (Å²) in [7, 11) is 0. The van der Waals surface area contributed by atoms with Gasteiger partial charge in [-0.15, -0.1) is 0 Å². The van der Waals surface area contributed by atoms with Crippen LogP contribution in [0.25, 0.3) is 0 Å². The van der Waals surface area contributed by atoms with E-state index < -0.39 is 5.60 Å². The van der Waals surface area contributed by atoms with Gasteiger partial charge in [0.15, 0.2) is 0 Å². The highest BCUT2D eigenvalue weighted by Gasteiger charge is 2.59. The van der Waals surface area contributed by atoms with Crippen molar-refractivity contribution in [2.45, 2.75) is 38.1 Å². The maximum absolute atomic E-state index is 12.3. The zero-order valence-corrected chi connectivity index (χ0v) is 12.8. The van der Waals surface area contributed by atoms with Gasteiger partial charge >= 0.3 is 5.97 Å². The van der Waals surface area contributed by atoms with Crippen LogP contribution in [0.3, 0.4) is 0 Å². The van der Waals surface area contributed by atoms with Gasteiger partial charge in [-0.3, -0.25) is 0 Å². The van der Waals surface area contributed by atoms with Gasteiger partial charge in [0, 0.05) is 30.4 Å². The van der Waals surface area contributed by atoms with Gasteiger partial charge in [-0.1, -0.05) is 18.2 Å². The van der Waals surface area contributed by atoms with Crippen molar-refractivity contribution in [1.29, 1.82) is 0 Å². The van der Waals surface area contributed by atoms with Crippen LogP contribution in [0.4, 0.5) is 5.69 Å². The zero-order chi connectivity index (χ0) is 15.5. The Hall–Kier alpha value is -2.01. The molecule has 0 radical (unpaired) electrons. The van der Waals surface area contributed by atoms with Crippen molar-refractivity contribution in [1.82, 2.24) is 4.90 Å². The highest BCUT2D eigenvalue weighted by Crippen LogP contribution is 2.53. The number of nitrogens with zero attached hydrogens (tertiary/aromatic N) is 2. The molecular weight excluding hydrogens is 280 g/mol. The molecule has 1 aromatic rings. The first-order chi connectivity index (χ1) is 10.6. The fraction of sp³-hybridized carbons (Fsp3) is 0.471. The number of hydrogen-bond donors (Lipinski definition) is 1. The van der Waals surface area contributed by atoms with E-state index in [9.17, 15) is 9.90 Å². The number of ether oxygens (including phenoxy) is 1. The molecular formula is C17H20N2O3. The average molecular weight is 300 g/mol. The summed E-state index contributed by atoms with van der Waals surface area (Å²) in [6, 6.07) is 7.83. The van der Waals surface area contributed by atoms with Crippen LogP contribution in [0.2, 0.25) is 0 Å². The summed E-state index contributed by atoms with van der Waals surface area (Å²) < 4.78 is 5.20. The molecule has 1 N–H and O–H groups in total. The predicted octanol–water partition coefficient (Wildman–Crippen LogP) is 1.58.